The topological polar surface area (TPSA) is 144 Å². The Hall–Kier alpha value is -4.10. The maximum absolute atomic E-state index is 12.3. The van der Waals surface area contributed by atoms with E-state index < -0.39 is 17.8 Å². The van der Waals surface area contributed by atoms with E-state index in [1.54, 1.807) is 50.9 Å². The van der Waals surface area contributed by atoms with Crippen LogP contribution in [0, 0.1) is 26.2 Å². The first-order valence-electron chi connectivity index (χ1n) is 15.5. The largest absolute Gasteiger partial charge is 0.491 e. The van der Waals surface area contributed by atoms with Gasteiger partial charge in [0.2, 0.25) is 0 Å². The Morgan fingerprint density at radius 2 is 1.89 bits per heavy atom. The molecule has 0 bridgehead atoms. The number of hydrogen-bond donors (Lipinski definition) is 1. The minimum Gasteiger partial charge on any atom is -0.491 e. The molecule has 0 radical (unpaired) electrons. The second-order valence-corrected chi connectivity index (χ2v) is 13.9. The summed E-state index contributed by atoms with van der Waals surface area (Å²) >= 11 is 6.73. The normalized spacial score (nSPS) is 16.2. The van der Waals surface area contributed by atoms with Gasteiger partial charge in [0.1, 0.15) is 35.6 Å². The monoisotopic (exact) mass is 670 g/mol. The zero-order valence-corrected chi connectivity index (χ0v) is 29.0. The second kappa shape index (κ2) is 13.2. The number of aromatic nitrogens is 3. The van der Waals surface area contributed by atoms with Crippen LogP contribution >= 0.6 is 11.6 Å². The maximum Gasteiger partial charge on any atom is 0.410 e. The smallest absolute Gasteiger partial charge is 0.410 e. The molecule has 47 heavy (non-hydrogen) atoms. The van der Waals surface area contributed by atoms with Crippen LogP contribution in [0.2, 0.25) is 5.02 Å². The van der Waals surface area contributed by atoms with Crippen molar-refractivity contribution < 1.29 is 33.4 Å². The summed E-state index contributed by atoms with van der Waals surface area (Å²) in [5.74, 6) is 2.24. The van der Waals surface area contributed by atoms with Crippen molar-refractivity contribution in [1.29, 1.82) is 0 Å². The number of amides is 2. The van der Waals surface area contributed by atoms with E-state index in [4.69, 9.17) is 40.3 Å². The van der Waals surface area contributed by atoms with Crippen LogP contribution in [0.5, 0.6) is 5.75 Å². The van der Waals surface area contributed by atoms with E-state index in [0.29, 0.717) is 52.4 Å². The third kappa shape index (κ3) is 7.41. The number of carbonyl (C=O) groups excluding carboxylic acids is 2. The van der Waals surface area contributed by atoms with E-state index in [1.165, 1.54) is 12.0 Å². The van der Waals surface area contributed by atoms with Gasteiger partial charge < -0.3 is 38.5 Å². The van der Waals surface area contributed by atoms with Crippen LogP contribution in [-0.4, -0.2) is 107 Å². The van der Waals surface area contributed by atoms with Crippen LogP contribution in [0.4, 0.5) is 15.4 Å². The molecule has 2 aliphatic rings. The summed E-state index contributed by atoms with van der Waals surface area (Å²) in [6.45, 7) is 13.8. The molecule has 1 atom stereocenters. The Bertz CT molecular complexity index is 1630. The highest BCUT2D eigenvalue weighted by molar-refractivity contribution is 6.33. The average molecular weight is 671 g/mol. The molecule has 0 unspecified atom stereocenters. The number of aliphatic hydroxyl groups is 1. The zero-order chi connectivity index (χ0) is 34.3. The molecule has 1 N–H and O–H groups in total. The average Bonchev–Trinajstić information content (AvgIpc) is 3.58. The molecule has 14 heteroatoms. The van der Waals surface area contributed by atoms with Crippen LogP contribution in [0.1, 0.15) is 44.2 Å². The Labute approximate surface area is 279 Å². The second-order valence-electron chi connectivity index (χ2n) is 13.5. The van der Waals surface area contributed by atoms with Gasteiger partial charge in [0.25, 0.3) is 0 Å². The number of nitrogens with zero attached hydrogens (tertiary/aromatic N) is 6. The molecule has 3 aromatic rings. The summed E-state index contributed by atoms with van der Waals surface area (Å²) < 4.78 is 21.7. The van der Waals surface area contributed by atoms with Gasteiger partial charge in [-0.15, -0.1) is 0 Å². The van der Waals surface area contributed by atoms with Gasteiger partial charge in [0, 0.05) is 49.8 Å². The molecule has 2 aliphatic heterocycles. The third-order valence-corrected chi connectivity index (χ3v) is 8.75. The molecule has 1 spiro atoms. The van der Waals surface area contributed by atoms with Crippen molar-refractivity contribution in [2.45, 2.75) is 59.7 Å². The number of aliphatic hydroxyl groups excluding tert-OH is 1. The number of benzene rings is 1. The molecule has 2 aromatic heterocycles. The molecular weight excluding hydrogens is 628 g/mol. The number of likely N-dealkylation sites (tertiary alicyclic amines) is 1. The SMILES string of the molecule is COC(=O)N1CCC2(C1)CN(c1nc(-c3cc(OC[C@H](O)CN(C)C(=O)OC(C)(C)C)ccc3Cl)nc(-c3c(C)noc3C)c1C)C2. The Morgan fingerprint density at radius 3 is 2.53 bits per heavy atom. The van der Waals surface area contributed by atoms with Gasteiger partial charge in [-0.3, -0.25) is 0 Å². The molecule has 1 aromatic carbocycles. The summed E-state index contributed by atoms with van der Waals surface area (Å²) in [6, 6.07) is 5.14. The van der Waals surface area contributed by atoms with E-state index >= 15 is 0 Å². The van der Waals surface area contributed by atoms with Crippen molar-refractivity contribution in [1.82, 2.24) is 24.9 Å². The number of anilines is 1. The van der Waals surface area contributed by atoms with E-state index in [1.807, 2.05) is 20.8 Å². The molecule has 2 saturated heterocycles. The minimum atomic E-state index is -0.968. The van der Waals surface area contributed by atoms with Gasteiger partial charge in [-0.1, -0.05) is 16.8 Å². The first-order valence-corrected chi connectivity index (χ1v) is 15.9. The van der Waals surface area contributed by atoms with Gasteiger partial charge in [-0.25, -0.2) is 19.6 Å². The number of halogens is 1. The van der Waals surface area contributed by atoms with Crippen molar-refractivity contribution in [3.05, 3.63) is 40.2 Å². The van der Waals surface area contributed by atoms with E-state index in [-0.39, 0.29) is 24.7 Å². The number of ether oxygens (including phenoxy) is 3. The fourth-order valence-electron chi connectivity index (χ4n) is 6.13. The Morgan fingerprint density at radius 1 is 1.17 bits per heavy atom. The molecule has 0 saturated carbocycles. The van der Waals surface area contributed by atoms with Crippen LogP contribution in [0.25, 0.3) is 22.6 Å². The fourth-order valence-corrected chi connectivity index (χ4v) is 6.33. The lowest BCUT2D eigenvalue weighted by molar-refractivity contribution is 0.0154. The molecule has 2 amide bonds. The van der Waals surface area contributed by atoms with E-state index in [2.05, 4.69) is 10.1 Å². The van der Waals surface area contributed by atoms with Gasteiger partial charge >= 0.3 is 12.2 Å². The summed E-state index contributed by atoms with van der Waals surface area (Å²) in [6.07, 6.45) is -0.921. The Balaban J connectivity index is 1.40. The molecule has 5 rings (SSSR count). The predicted octanol–water partition coefficient (Wildman–Crippen LogP) is 5.26. The number of hydrogen-bond acceptors (Lipinski definition) is 11. The molecular formula is C33H43ClN6O7. The molecule has 0 aliphatic carbocycles. The summed E-state index contributed by atoms with van der Waals surface area (Å²) in [4.78, 5) is 39.7. The van der Waals surface area contributed by atoms with Crippen molar-refractivity contribution in [2.75, 3.05) is 58.4 Å². The van der Waals surface area contributed by atoms with Crippen LogP contribution in [-0.2, 0) is 9.47 Å². The van der Waals surface area contributed by atoms with Gasteiger partial charge in [-0.05, 0) is 66.2 Å². The van der Waals surface area contributed by atoms with Crippen molar-refractivity contribution in [2.24, 2.45) is 5.41 Å². The highest BCUT2D eigenvalue weighted by Gasteiger charge is 2.50. The van der Waals surface area contributed by atoms with Gasteiger partial charge in [0.05, 0.1) is 35.6 Å². The summed E-state index contributed by atoms with van der Waals surface area (Å²) in [5.41, 5.74) is 2.94. The number of likely N-dealkylation sites (N-methyl/N-ethyl adjacent to an activating group) is 1. The van der Waals surface area contributed by atoms with Gasteiger partial charge in [0.15, 0.2) is 5.82 Å². The highest BCUT2D eigenvalue weighted by Crippen LogP contribution is 2.44. The van der Waals surface area contributed by atoms with Crippen LogP contribution in [0.15, 0.2) is 22.7 Å². The van der Waals surface area contributed by atoms with Crippen LogP contribution < -0.4 is 9.64 Å². The standard InChI is InChI=1S/C33H43ClN6O7/c1-19-27(26-20(2)37-47-21(26)3)35-28(36-29(19)40-17-33(18-40)11-12-39(16-33)31(43)44-8)24-13-23(9-10-25(24)34)45-15-22(41)14-38(7)30(42)46-32(4,5)6/h9-10,13,22,41H,11-12,14-18H2,1-8H3/t22-/m1/s1. The first-order chi connectivity index (χ1) is 22.1. The summed E-state index contributed by atoms with van der Waals surface area (Å²) in [7, 11) is 2.96. The molecule has 254 valence electrons. The molecule has 13 nitrogen and oxygen atoms in total. The molecule has 4 heterocycles. The Kier molecular flexibility index (Phi) is 9.61. The maximum atomic E-state index is 12.3. The lowest BCUT2D eigenvalue weighted by atomic mass is 9.79. The summed E-state index contributed by atoms with van der Waals surface area (Å²) in [5, 5.41) is 15.2. The van der Waals surface area contributed by atoms with Crippen molar-refractivity contribution >= 4 is 29.6 Å². The number of aryl methyl sites for hydroxylation is 2. The third-order valence-electron chi connectivity index (χ3n) is 8.42. The molecule has 2 fully saturated rings. The predicted molar refractivity (Wildman–Crippen MR) is 176 cm³/mol. The van der Waals surface area contributed by atoms with Crippen molar-refractivity contribution in [3.63, 3.8) is 0 Å². The lowest BCUT2D eigenvalue weighted by Crippen LogP contribution is -2.58. The first kappa shape index (κ1) is 34.2. The number of rotatable bonds is 8. The van der Waals surface area contributed by atoms with E-state index in [0.717, 1.165) is 36.5 Å². The number of carbonyl (C=O) groups is 2. The van der Waals surface area contributed by atoms with Crippen LogP contribution in [0.3, 0.4) is 0 Å². The number of methoxy groups -OCH3 is 1. The van der Waals surface area contributed by atoms with Crippen molar-refractivity contribution in [3.8, 4) is 28.4 Å². The van der Waals surface area contributed by atoms with E-state index in [9.17, 15) is 14.7 Å². The lowest BCUT2D eigenvalue weighted by Gasteiger charge is -2.49. The quantitative estimate of drug-likeness (QED) is 0.335. The highest BCUT2D eigenvalue weighted by atomic mass is 35.5. The minimum absolute atomic E-state index is 0.0231. The van der Waals surface area contributed by atoms with Gasteiger partial charge in [-0.2, -0.15) is 0 Å². The fraction of sp³-hybridized carbons (Fsp3) is 0.545. The zero-order valence-electron chi connectivity index (χ0n) is 28.2.